The number of carbonyl (C=O) groups is 1. The molecule has 0 rings (SSSR count). The van der Waals surface area contributed by atoms with Gasteiger partial charge in [-0.2, -0.15) is 0 Å². The SMILES string of the molecule is CCCCCCCCCCCC([O])C(=O)O. The second-order valence-electron chi connectivity index (χ2n) is 4.44. The van der Waals surface area contributed by atoms with Gasteiger partial charge in [-0.15, -0.1) is 0 Å². The molecule has 0 aliphatic carbocycles. The Balaban J connectivity index is 3.07. The number of rotatable bonds is 11. The lowest BCUT2D eigenvalue weighted by Gasteiger charge is -2.03. The predicted molar refractivity (Wildman–Crippen MR) is 64.0 cm³/mol. The van der Waals surface area contributed by atoms with Gasteiger partial charge in [-0.25, -0.2) is 9.90 Å². The molecule has 95 valence electrons. The van der Waals surface area contributed by atoms with E-state index in [1.165, 1.54) is 38.5 Å². The summed E-state index contributed by atoms with van der Waals surface area (Å²) in [5.41, 5.74) is 0. The first-order valence-electron chi connectivity index (χ1n) is 6.57. The molecule has 0 aromatic heterocycles. The van der Waals surface area contributed by atoms with Crippen LogP contribution in [0, 0.1) is 0 Å². The topological polar surface area (TPSA) is 57.2 Å². The fraction of sp³-hybridized carbons (Fsp3) is 0.923. The molecule has 1 radical (unpaired) electrons. The molecule has 0 fully saturated rings. The van der Waals surface area contributed by atoms with Gasteiger partial charge in [0.2, 0.25) is 0 Å². The van der Waals surface area contributed by atoms with Gasteiger partial charge in [0, 0.05) is 0 Å². The van der Waals surface area contributed by atoms with E-state index in [0.29, 0.717) is 0 Å². The van der Waals surface area contributed by atoms with E-state index in [9.17, 15) is 9.90 Å². The zero-order valence-electron chi connectivity index (χ0n) is 10.4. The Bertz CT molecular complexity index is 169. The van der Waals surface area contributed by atoms with Crippen LogP contribution in [0.2, 0.25) is 0 Å². The van der Waals surface area contributed by atoms with Crippen molar-refractivity contribution in [2.24, 2.45) is 0 Å². The van der Waals surface area contributed by atoms with Crippen molar-refractivity contribution in [3.05, 3.63) is 0 Å². The van der Waals surface area contributed by atoms with Gasteiger partial charge < -0.3 is 5.11 Å². The molecule has 0 bridgehead atoms. The van der Waals surface area contributed by atoms with Crippen LogP contribution in [-0.4, -0.2) is 17.2 Å². The molecular formula is C13H25O3. The molecule has 1 atom stereocenters. The number of aliphatic carboxylic acids is 1. The van der Waals surface area contributed by atoms with Crippen LogP contribution in [0.15, 0.2) is 0 Å². The summed E-state index contributed by atoms with van der Waals surface area (Å²) in [6, 6.07) is 0. The quantitative estimate of drug-likeness (QED) is 0.548. The Labute approximate surface area is 98.9 Å². The van der Waals surface area contributed by atoms with Gasteiger partial charge in [-0.1, -0.05) is 64.7 Å². The average Bonchev–Trinajstić information content (AvgIpc) is 2.26. The standard InChI is InChI=1S/C13H25O3/c1-2-3-4-5-6-7-8-9-10-11-12(14)13(15)16/h12H,2-11H2,1H3,(H,15,16). The van der Waals surface area contributed by atoms with E-state index in [-0.39, 0.29) is 6.42 Å². The van der Waals surface area contributed by atoms with Crippen LogP contribution >= 0.6 is 0 Å². The molecule has 0 aliphatic heterocycles. The molecule has 0 spiro atoms. The zero-order valence-corrected chi connectivity index (χ0v) is 10.4. The highest BCUT2D eigenvalue weighted by atomic mass is 16.4. The van der Waals surface area contributed by atoms with E-state index in [0.717, 1.165) is 19.3 Å². The van der Waals surface area contributed by atoms with Crippen molar-refractivity contribution in [1.29, 1.82) is 0 Å². The lowest BCUT2D eigenvalue weighted by molar-refractivity contribution is -0.150. The van der Waals surface area contributed by atoms with Crippen molar-refractivity contribution in [1.82, 2.24) is 0 Å². The predicted octanol–water partition coefficient (Wildman–Crippen LogP) is 3.79. The van der Waals surface area contributed by atoms with Crippen LogP contribution in [-0.2, 0) is 9.90 Å². The summed E-state index contributed by atoms with van der Waals surface area (Å²) >= 11 is 0. The van der Waals surface area contributed by atoms with E-state index in [4.69, 9.17) is 5.11 Å². The van der Waals surface area contributed by atoms with Crippen LogP contribution in [0.4, 0.5) is 0 Å². The normalized spacial score (nSPS) is 12.6. The maximum atomic E-state index is 10.8. The molecule has 3 heteroatoms. The molecular weight excluding hydrogens is 204 g/mol. The minimum atomic E-state index is -1.41. The van der Waals surface area contributed by atoms with Crippen molar-refractivity contribution in [3.63, 3.8) is 0 Å². The minimum absolute atomic E-state index is 0.283. The van der Waals surface area contributed by atoms with Crippen molar-refractivity contribution in [2.75, 3.05) is 0 Å². The highest BCUT2D eigenvalue weighted by molar-refractivity contribution is 5.71. The van der Waals surface area contributed by atoms with E-state index in [1.54, 1.807) is 0 Å². The fourth-order valence-corrected chi connectivity index (χ4v) is 1.76. The van der Waals surface area contributed by atoms with Gasteiger partial charge in [-0.05, 0) is 6.42 Å². The molecule has 0 saturated carbocycles. The first kappa shape index (κ1) is 15.4. The van der Waals surface area contributed by atoms with Gasteiger partial charge in [0.1, 0.15) is 0 Å². The molecule has 16 heavy (non-hydrogen) atoms. The van der Waals surface area contributed by atoms with Crippen molar-refractivity contribution >= 4 is 5.97 Å². The molecule has 3 nitrogen and oxygen atoms in total. The average molecular weight is 229 g/mol. The smallest absolute Gasteiger partial charge is 0.336 e. The second kappa shape index (κ2) is 10.9. The summed E-state index contributed by atoms with van der Waals surface area (Å²) in [6.07, 6.45) is 9.52. The number of hydrogen-bond acceptors (Lipinski definition) is 1. The van der Waals surface area contributed by atoms with Gasteiger partial charge in [0.05, 0.1) is 0 Å². The van der Waals surface area contributed by atoms with Crippen molar-refractivity contribution in [2.45, 2.75) is 77.2 Å². The van der Waals surface area contributed by atoms with Crippen LogP contribution in [0.25, 0.3) is 0 Å². The molecule has 0 aromatic rings. The number of carboxylic acid groups (broad SMARTS) is 1. The Morgan fingerprint density at radius 3 is 1.81 bits per heavy atom. The Hall–Kier alpha value is -0.570. The third kappa shape index (κ3) is 9.97. The third-order valence-corrected chi connectivity index (χ3v) is 2.85. The highest BCUT2D eigenvalue weighted by Crippen LogP contribution is 2.11. The van der Waals surface area contributed by atoms with Crippen LogP contribution in [0.3, 0.4) is 0 Å². The van der Waals surface area contributed by atoms with Crippen LogP contribution in [0.1, 0.15) is 71.1 Å². The highest BCUT2D eigenvalue weighted by Gasteiger charge is 2.13. The summed E-state index contributed by atoms with van der Waals surface area (Å²) in [7, 11) is 0. The third-order valence-electron chi connectivity index (χ3n) is 2.85. The molecule has 0 aliphatic rings. The van der Waals surface area contributed by atoms with Crippen molar-refractivity contribution < 1.29 is 15.0 Å². The van der Waals surface area contributed by atoms with Gasteiger partial charge >= 0.3 is 5.97 Å². The summed E-state index contributed by atoms with van der Waals surface area (Å²) < 4.78 is 0. The molecule has 0 amide bonds. The zero-order chi connectivity index (χ0) is 12.2. The maximum absolute atomic E-state index is 10.8. The maximum Gasteiger partial charge on any atom is 0.336 e. The number of unbranched alkanes of at least 4 members (excludes halogenated alkanes) is 8. The molecule has 0 saturated heterocycles. The van der Waals surface area contributed by atoms with Crippen LogP contribution in [0.5, 0.6) is 0 Å². The van der Waals surface area contributed by atoms with Gasteiger partial charge in [0.25, 0.3) is 0 Å². The van der Waals surface area contributed by atoms with E-state index in [2.05, 4.69) is 6.92 Å². The van der Waals surface area contributed by atoms with E-state index in [1.807, 2.05) is 0 Å². The Kier molecular flexibility index (Phi) is 10.5. The van der Waals surface area contributed by atoms with E-state index < -0.39 is 12.1 Å². The first-order chi connectivity index (χ1) is 7.68. The lowest BCUT2D eigenvalue weighted by Crippen LogP contribution is -2.17. The molecule has 0 heterocycles. The molecule has 0 aromatic carbocycles. The van der Waals surface area contributed by atoms with Crippen LogP contribution < -0.4 is 0 Å². The van der Waals surface area contributed by atoms with Gasteiger partial charge in [0.15, 0.2) is 6.10 Å². The van der Waals surface area contributed by atoms with Crippen molar-refractivity contribution in [3.8, 4) is 0 Å². The first-order valence-corrected chi connectivity index (χ1v) is 6.57. The minimum Gasteiger partial charge on any atom is -0.479 e. The number of carboxylic acids is 1. The largest absolute Gasteiger partial charge is 0.479 e. The second-order valence-corrected chi connectivity index (χ2v) is 4.44. The molecule has 1 N–H and O–H groups in total. The van der Waals surface area contributed by atoms with Gasteiger partial charge in [-0.3, -0.25) is 0 Å². The monoisotopic (exact) mass is 229 g/mol. The summed E-state index contributed by atoms with van der Waals surface area (Å²) in [5.74, 6) is -1.21. The summed E-state index contributed by atoms with van der Waals surface area (Å²) in [6.45, 7) is 2.21. The Morgan fingerprint density at radius 2 is 1.38 bits per heavy atom. The van der Waals surface area contributed by atoms with E-state index >= 15 is 0 Å². The molecule has 1 unspecified atom stereocenters. The lowest BCUT2D eigenvalue weighted by atomic mass is 10.1. The number of hydrogen-bond donors (Lipinski definition) is 1. The summed E-state index contributed by atoms with van der Waals surface area (Å²) in [4.78, 5) is 10.3. The summed E-state index contributed by atoms with van der Waals surface area (Å²) in [5, 5.41) is 19.2. The Morgan fingerprint density at radius 1 is 0.938 bits per heavy atom. The fourth-order valence-electron chi connectivity index (χ4n) is 1.76.